The summed E-state index contributed by atoms with van der Waals surface area (Å²) in [5.41, 5.74) is 5.06. The van der Waals surface area contributed by atoms with E-state index in [0.717, 1.165) is 6.42 Å². The number of esters is 1. The molecule has 4 amide bonds. The van der Waals surface area contributed by atoms with E-state index >= 15 is 0 Å². The fraction of sp³-hybridized carbons (Fsp3) is 0.577. The number of carbonyl (C=O) groups is 5. The molecular formula is C26H40N4O7. The van der Waals surface area contributed by atoms with Gasteiger partial charge in [-0.2, -0.15) is 0 Å². The third kappa shape index (κ3) is 11.8. The van der Waals surface area contributed by atoms with Gasteiger partial charge in [0, 0.05) is 13.1 Å². The molecule has 0 saturated carbocycles. The molecule has 11 nitrogen and oxygen atoms in total. The van der Waals surface area contributed by atoms with Crippen molar-refractivity contribution in [2.24, 2.45) is 5.73 Å². The Morgan fingerprint density at radius 2 is 1.70 bits per heavy atom. The van der Waals surface area contributed by atoms with Crippen LogP contribution in [0.3, 0.4) is 0 Å². The first-order valence-corrected chi connectivity index (χ1v) is 12.5. The van der Waals surface area contributed by atoms with Crippen LogP contribution in [0.2, 0.25) is 0 Å². The van der Waals surface area contributed by atoms with Crippen LogP contribution in [0.1, 0.15) is 71.9 Å². The summed E-state index contributed by atoms with van der Waals surface area (Å²) in [6.45, 7) is 9.02. The maximum Gasteiger partial charge on any atom is 0.408 e. The van der Waals surface area contributed by atoms with E-state index in [0.29, 0.717) is 12.0 Å². The Morgan fingerprint density at radius 3 is 2.24 bits per heavy atom. The van der Waals surface area contributed by atoms with Gasteiger partial charge in [-0.15, -0.1) is 0 Å². The molecule has 1 rings (SSSR count). The Kier molecular flexibility index (Phi) is 13.1. The van der Waals surface area contributed by atoms with Crippen LogP contribution in [-0.2, 0) is 28.7 Å². The number of unbranched alkanes of at least 4 members (excludes halogenated alkanes) is 1. The van der Waals surface area contributed by atoms with Crippen LogP contribution in [-0.4, -0.2) is 66.0 Å². The van der Waals surface area contributed by atoms with Crippen molar-refractivity contribution >= 4 is 29.8 Å². The van der Waals surface area contributed by atoms with Crippen LogP contribution in [0, 0.1) is 0 Å². The average molecular weight is 521 g/mol. The van der Waals surface area contributed by atoms with Crippen molar-refractivity contribution in [2.45, 2.75) is 78.0 Å². The monoisotopic (exact) mass is 520 g/mol. The molecular weight excluding hydrogens is 480 g/mol. The lowest BCUT2D eigenvalue weighted by Crippen LogP contribution is -2.54. The van der Waals surface area contributed by atoms with Gasteiger partial charge in [-0.05, 0) is 39.7 Å². The van der Waals surface area contributed by atoms with E-state index in [4.69, 9.17) is 15.2 Å². The normalized spacial score (nSPS) is 12.6. The highest BCUT2D eigenvalue weighted by Gasteiger charge is 2.36. The number of alkyl carbamates (subject to hydrolysis) is 1. The van der Waals surface area contributed by atoms with Gasteiger partial charge in [0.1, 0.15) is 17.7 Å². The zero-order valence-electron chi connectivity index (χ0n) is 22.4. The lowest BCUT2D eigenvalue weighted by molar-refractivity contribution is -0.144. The van der Waals surface area contributed by atoms with Gasteiger partial charge in [-0.3, -0.25) is 19.2 Å². The molecule has 11 heteroatoms. The molecule has 0 radical (unpaired) electrons. The summed E-state index contributed by atoms with van der Waals surface area (Å²) in [5, 5.41) is 5.13. The Hall–Kier alpha value is -3.63. The molecule has 206 valence electrons. The summed E-state index contributed by atoms with van der Waals surface area (Å²) in [7, 11) is 0. The number of rotatable bonds is 14. The van der Waals surface area contributed by atoms with Crippen LogP contribution < -0.4 is 16.4 Å². The van der Waals surface area contributed by atoms with Crippen LogP contribution in [0.4, 0.5) is 4.79 Å². The van der Waals surface area contributed by atoms with Crippen molar-refractivity contribution in [2.75, 3.05) is 19.7 Å². The van der Waals surface area contributed by atoms with E-state index in [-0.39, 0.29) is 26.1 Å². The molecule has 2 unspecified atom stereocenters. The number of nitrogens with zero attached hydrogens (tertiary/aromatic N) is 1. The number of hydrogen-bond donors (Lipinski definition) is 3. The van der Waals surface area contributed by atoms with Crippen LogP contribution in [0.15, 0.2) is 30.3 Å². The minimum absolute atomic E-state index is 0.0116. The topological polar surface area (TPSA) is 157 Å². The molecule has 0 heterocycles. The molecule has 0 saturated heterocycles. The van der Waals surface area contributed by atoms with Crippen LogP contribution in [0.5, 0.6) is 0 Å². The summed E-state index contributed by atoms with van der Waals surface area (Å²) >= 11 is 0. The van der Waals surface area contributed by atoms with E-state index in [1.165, 1.54) is 4.90 Å². The largest absolute Gasteiger partial charge is 0.466 e. The molecule has 2 atom stereocenters. The fourth-order valence-corrected chi connectivity index (χ4v) is 3.47. The molecule has 0 bridgehead atoms. The predicted molar refractivity (Wildman–Crippen MR) is 137 cm³/mol. The second-order valence-electron chi connectivity index (χ2n) is 9.41. The zero-order valence-corrected chi connectivity index (χ0v) is 22.4. The van der Waals surface area contributed by atoms with Crippen LogP contribution in [0.25, 0.3) is 0 Å². The summed E-state index contributed by atoms with van der Waals surface area (Å²) in [5.74, 6) is -2.44. The Balaban J connectivity index is 3.32. The summed E-state index contributed by atoms with van der Waals surface area (Å²) in [6.07, 6.45) is -0.129. The first-order chi connectivity index (χ1) is 17.4. The van der Waals surface area contributed by atoms with E-state index < -0.39 is 53.9 Å². The second-order valence-corrected chi connectivity index (χ2v) is 9.41. The summed E-state index contributed by atoms with van der Waals surface area (Å²) in [4.78, 5) is 64.4. The Bertz CT molecular complexity index is 915. The number of nitrogens with one attached hydrogen (secondary N) is 2. The lowest BCUT2D eigenvalue weighted by Gasteiger charge is -2.34. The standard InChI is InChI=1S/C26H40N4O7/c1-6-8-16-30(24(34)19(17-20(27)31)29-25(35)37-26(3,4)5)22(18-12-10-9-11-13-18)23(33)28-15-14-21(32)36-7-2/h9-13,19,22H,6-8,14-17H2,1-5H3,(H2,27,31)(H,28,33)(H,29,35). The highest BCUT2D eigenvalue weighted by atomic mass is 16.6. The molecule has 1 aromatic carbocycles. The molecule has 37 heavy (non-hydrogen) atoms. The highest BCUT2D eigenvalue weighted by molar-refractivity contribution is 5.94. The summed E-state index contributed by atoms with van der Waals surface area (Å²) in [6, 6.07) is 6.21. The molecule has 0 aliphatic rings. The number of carbonyl (C=O) groups excluding carboxylic acids is 5. The molecule has 0 spiro atoms. The van der Waals surface area contributed by atoms with Crippen molar-refractivity contribution < 1.29 is 33.4 Å². The first-order valence-electron chi connectivity index (χ1n) is 12.5. The maximum absolute atomic E-state index is 13.8. The SMILES string of the molecule is CCCCN(C(=O)C(CC(N)=O)NC(=O)OC(C)(C)C)C(C(=O)NCCC(=O)OCC)c1ccccc1. The van der Waals surface area contributed by atoms with Gasteiger partial charge in [-0.25, -0.2) is 4.79 Å². The number of benzene rings is 1. The van der Waals surface area contributed by atoms with Gasteiger partial charge in [-0.1, -0.05) is 43.7 Å². The smallest absolute Gasteiger partial charge is 0.408 e. The van der Waals surface area contributed by atoms with Gasteiger partial charge < -0.3 is 30.7 Å². The predicted octanol–water partition coefficient (Wildman–Crippen LogP) is 2.19. The van der Waals surface area contributed by atoms with Crippen LogP contribution >= 0.6 is 0 Å². The van der Waals surface area contributed by atoms with E-state index in [1.54, 1.807) is 58.0 Å². The summed E-state index contributed by atoms with van der Waals surface area (Å²) < 4.78 is 10.1. The molecule has 1 aromatic rings. The number of primary amides is 1. The maximum atomic E-state index is 13.8. The Morgan fingerprint density at radius 1 is 1.05 bits per heavy atom. The molecule has 4 N–H and O–H groups in total. The van der Waals surface area contributed by atoms with E-state index in [9.17, 15) is 24.0 Å². The van der Waals surface area contributed by atoms with Gasteiger partial charge in [0.2, 0.25) is 17.7 Å². The van der Waals surface area contributed by atoms with Gasteiger partial charge in [0.25, 0.3) is 0 Å². The molecule has 0 aliphatic heterocycles. The lowest BCUT2D eigenvalue weighted by atomic mass is 10.0. The van der Waals surface area contributed by atoms with Crippen molar-refractivity contribution in [3.8, 4) is 0 Å². The quantitative estimate of drug-likeness (QED) is 0.317. The zero-order chi connectivity index (χ0) is 28.0. The fourth-order valence-electron chi connectivity index (χ4n) is 3.47. The number of amides is 4. The number of hydrogen-bond acceptors (Lipinski definition) is 7. The molecule has 0 fully saturated rings. The highest BCUT2D eigenvalue weighted by Crippen LogP contribution is 2.24. The van der Waals surface area contributed by atoms with Crippen molar-refractivity contribution in [3.05, 3.63) is 35.9 Å². The molecule has 0 aliphatic carbocycles. The minimum Gasteiger partial charge on any atom is -0.466 e. The second kappa shape index (κ2) is 15.5. The van der Waals surface area contributed by atoms with Crippen molar-refractivity contribution in [1.29, 1.82) is 0 Å². The third-order valence-corrected chi connectivity index (χ3v) is 5.04. The minimum atomic E-state index is -1.34. The van der Waals surface area contributed by atoms with Gasteiger partial charge in [0.05, 0.1) is 19.4 Å². The third-order valence-electron chi connectivity index (χ3n) is 5.04. The van der Waals surface area contributed by atoms with E-state index in [2.05, 4.69) is 10.6 Å². The van der Waals surface area contributed by atoms with Gasteiger partial charge >= 0.3 is 12.1 Å². The first kappa shape index (κ1) is 31.4. The number of ether oxygens (including phenoxy) is 2. The van der Waals surface area contributed by atoms with Crippen molar-refractivity contribution in [3.63, 3.8) is 0 Å². The average Bonchev–Trinajstić information content (AvgIpc) is 2.80. The van der Waals surface area contributed by atoms with Crippen molar-refractivity contribution in [1.82, 2.24) is 15.5 Å². The van der Waals surface area contributed by atoms with Gasteiger partial charge in [0.15, 0.2) is 0 Å². The number of nitrogens with two attached hydrogens (primary N) is 1. The van der Waals surface area contributed by atoms with E-state index in [1.807, 2.05) is 6.92 Å². The Labute approximate surface area is 218 Å². The molecule has 0 aromatic heterocycles.